The highest BCUT2D eigenvalue weighted by atomic mass is 16.1. The van der Waals surface area contributed by atoms with Crippen molar-refractivity contribution in [3.63, 3.8) is 0 Å². The Morgan fingerprint density at radius 2 is 1.89 bits per heavy atom. The lowest BCUT2D eigenvalue weighted by molar-refractivity contribution is -0.123. The van der Waals surface area contributed by atoms with Gasteiger partial charge in [0.05, 0.1) is 6.33 Å². The lowest BCUT2D eigenvalue weighted by Crippen LogP contribution is -2.43. The van der Waals surface area contributed by atoms with Gasteiger partial charge in [-0.1, -0.05) is 0 Å². The average Bonchev–Trinajstić information content (AvgIpc) is 2.93. The number of Topliss-reactive ketones (excluding diaryl/α,β-unsaturated/α-hetero) is 1. The molecule has 98 valence electrons. The molecule has 0 aliphatic carbocycles. The van der Waals surface area contributed by atoms with E-state index in [2.05, 4.69) is 14.5 Å². The number of unbranched alkanes of at least 4 members (excludes halogenated alkanes) is 1. The topological polar surface area (TPSA) is 38.1 Å². The summed E-state index contributed by atoms with van der Waals surface area (Å²) >= 11 is 0. The molecule has 2 fully saturated rings. The Bertz CT molecular complexity index is 385. The third-order valence-corrected chi connectivity index (χ3v) is 4.34. The molecule has 0 saturated carbocycles. The molecular formula is C14H21N3O. The molecule has 2 bridgehead atoms. The van der Waals surface area contributed by atoms with Gasteiger partial charge in [0, 0.05) is 43.9 Å². The fourth-order valence-electron chi connectivity index (χ4n) is 3.44. The van der Waals surface area contributed by atoms with Crippen LogP contribution in [0.25, 0.3) is 0 Å². The summed E-state index contributed by atoms with van der Waals surface area (Å²) in [6.07, 6.45) is 12.2. The summed E-state index contributed by atoms with van der Waals surface area (Å²) in [6.45, 7) is 2.22. The van der Waals surface area contributed by atoms with Crippen LogP contribution in [-0.4, -0.2) is 38.9 Å². The molecule has 0 spiro atoms. The molecule has 18 heavy (non-hydrogen) atoms. The first kappa shape index (κ1) is 11.9. The Balaban J connectivity index is 1.42. The Hall–Kier alpha value is -1.16. The number of ketones is 1. The van der Waals surface area contributed by atoms with Crippen molar-refractivity contribution < 1.29 is 4.79 Å². The van der Waals surface area contributed by atoms with Crippen molar-refractivity contribution in [2.24, 2.45) is 0 Å². The molecular weight excluding hydrogens is 226 g/mol. The summed E-state index contributed by atoms with van der Waals surface area (Å²) in [5.74, 6) is 0.483. The Kier molecular flexibility index (Phi) is 3.46. The molecule has 0 radical (unpaired) electrons. The number of aromatic nitrogens is 2. The van der Waals surface area contributed by atoms with Crippen LogP contribution in [0.5, 0.6) is 0 Å². The molecule has 1 aromatic heterocycles. The summed E-state index contributed by atoms with van der Waals surface area (Å²) in [5.41, 5.74) is 0. The summed E-state index contributed by atoms with van der Waals surface area (Å²) in [4.78, 5) is 18.2. The fourth-order valence-corrected chi connectivity index (χ4v) is 3.44. The maximum absolute atomic E-state index is 11.5. The van der Waals surface area contributed by atoms with Gasteiger partial charge in [-0.05, 0) is 32.2 Å². The number of carbonyl (C=O) groups excluding carboxylic acids is 1. The molecule has 0 amide bonds. The van der Waals surface area contributed by atoms with E-state index in [1.54, 1.807) is 0 Å². The van der Waals surface area contributed by atoms with Gasteiger partial charge in [-0.2, -0.15) is 0 Å². The lowest BCUT2D eigenvalue weighted by Gasteiger charge is -2.33. The summed E-state index contributed by atoms with van der Waals surface area (Å²) < 4.78 is 2.13. The maximum Gasteiger partial charge on any atom is 0.136 e. The smallest absolute Gasteiger partial charge is 0.136 e. The van der Waals surface area contributed by atoms with Crippen molar-refractivity contribution in [1.82, 2.24) is 14.5 Å². The van der Waals surface area contributed by atoms with Crippen molar-refractivity contribution in [2.45, 2.75) is 57.2 Å². The third kappa shape index (κ3) is 2.48. The normalized spacial score (nSPS) is 27.9. The van der Waals surface area contributed by atoms with Gasteiger partial charge in [0.15, 0.2) is 0 Å². The second kappa shape index (κ2) is 5.22. The van der Waals surface area contributed by atoms with E-state index in [9.17, 15) is 4.79 Å². The van der Waals surface area contributed by atoms with E-state index in [1.807, 2.05) is 18.7 Å². The SMILES string of the molecule is O=C1CC2CCC(C1)N2CCCCn1ccnc1. The molecule has 2 aliphatic rings. The zero-order valence-corrected chi connectivity index (χ0v) is 10.8. The monoisotopic (exact) mass is 247 g/mol. The first-order valence-electron chi connectivity index (χ1n) is 7.06. The number of imidazole rings is 1. The van der Waals surface area contributed by atoms with Gasteiger partial charge >= 0.3 is 0 Å². The summed E-state index contributed by atoms with van der Waals surface area (Å²) in [6, 6.07) is 1.12. The van der Waals surface area contributed by atoms with Crippen molar-refractivity contribution in [2.75, 3.05) is 6.54 Å². The number of carbonyl (C=O) groups is 1. The molecule has 3 heterocycles. The minimum atomic E-state index is 0.483. The van der Waals surface area contributed by atoms with E-state index in [0.717, 1.165) is 25.9 Å². The molecule has 2 saturated heterocycles. The van der Waals surface area contributed by atoms with Crippen LogP contribution in [0.4, 0.5) is 0 Å². The van der Waals surface area contributed by atoms with Gasteiger partial charge in [-0.15, -0.1) is 0 Å². The quantitative estimate of drug-likeness (QED) is 0.745. The summed E-state index contributed by atoms with van der Waals surface area (Å²) in [5, 5.41) is 0. The fraction of sp³-hybridized carbons (Fsp3) is 0.714. The van der Waals surface area contributed by atoms with Crippen molar-refractivity contribution >= 4 is 5.78 Å². The highest BCUT2D eigenvalue weighted by Crippen LogP contribution is 2.33. The molecule has 2 atom stereocenters. The van der Waals surface area contributed by atoms with E-state index >= 15 is 0 Å². The Morgan fingerprint density at radius 3 is 2.56 bits per heavy atom. The van der Waals surface area contributed by atoms with Crippen LogP contribution in [-0.2, 0) is 11.3 Å². The van der Waals surface area contributed by atoms with Gasteiger partial charge in [0.1, 0.15) is 5.78 Å². The van der Waals surface area contributed by atoms with Crippen LogP contribution in [0.3, 0.4) is 0 Å². The molecule has 1 aromatic rings. The van der Waals surface area contributed by atoms with Gasteiger partial charge in [0.25, 0.3) is 0 Å². The first-order valence-corrected chi connectivity index (χ1v) is 7.06. The predicted molar refractivity (Wildman–Crippen MR) is 69.2 cm³/mol. The molecule has 3 rings (SSSR count). The number of hydrogen-bond acceptors (Lipinski definition) is 3. The van der Waals surface area contributed by atoms with Gasteiger partial charge in [0.2, 0.25) is 0 Å². The van der Waals surface area contributed by atoms with E-state index in [1.165, 1.54) is 25.7 Å². The van der Waals surface area contributed by atoms with Crippen molar-refractivity contribution in [3.05, 3.63) is 18.7 Å². The van der Waals surface area contributed by atoms with Gasteiger partial charge in [-0.25, -0.2) is 4.98 Å². The highest BCUT2D eigenvalue weighted by molar-refractivity contribution is 5.80. The zero-order chi connectivity index (χ0) is 12.4. The minimum Gasteiger partial charge on any atom is -0.337 e. The van der Waals surface area contributed by atoms with Crippen LogP contribution >= 0.6 is 0 Å². The summed E-state index contributed by atoms with van der Waals surface area (Å²) in [7, 11) is 0. The second-order valence-corrected chi connectivity index (χ2v) is 5.58. The number of fused-ring (bicyclic) bond motifs is 2. The largest absolute Gasteiger partial charge is 0.337 e. The van der Waals surface area contributed by atoms with Crippen LogP contribution in [0, 0.1) is 0 Å². The van der Waals surface area contributed by atoms with Gasteiger partial charge in [-0.3, -0.25) is 9.69 Å². The highest BCUT2D eigenvalue weighted by Gasteiger charge is 2.39. The number of aryl methyl sites for hydroxylation is 1. The average molecular weight is 247 g/mol. The standard InChI is InChI=1S/C14H21N3O/c18-14-9-12-3-4-13(10-14)17(12)7-2-1-6-16-8-5-15-11-16/h5,8,11-13H,1-4,6-7,9-10H2. The second-order valence-electron chi connectivity index (χ2n) is 5.58. The Labute approximate surface area is 108 Å². The first-order chi connectivity index (χ1) is 8.83. The van der Waals surface area contributed by atoms with E-state index in [4.69, 9.17) is 0 Å². The molecule has 2 aliphatic heterocycles. The maximum atomic E-state index is 11.5. The zero-order valence-electron chi connectivity index (χ0n) is 10.8. The van der Waals surface area contributed by atoms with E-state index < -0.39 is 0 Å². The van der Waals surface area contributed by atoms with E-state index in [-0.39, 0.29) is 0 Å². The number of nitrogens with zero attached hydrogens (tertiary/aromatic N) is 3. The molecule has 4 heteroatoms. The Morgan fingerprint density at radius 1 is 1.17 bits per heavy atom. The van der Waals surface area contributed by atoms with Crippen LogP contribution in [0.2, 0.25) is 0 Å². The van der Waals surface area contributed by atoms with Crippen LogP contribution in [0.1, 0.15) is 38.5 Å². The molecule has 2 unspecified atom stereocenters. The van der Waals surface area contributed by atoms with E-state index in [0.29, 0.717) is 17.9 Å². The van der Waals surface area contributed by atoms with Crippen molar-refractivity contribution in [3.8, 4) is 0 Å². The van der Waals surface area contributed by atoms with Crippen LogP contribution < -0.4 is 0 Å². The number of rotatable bonds is 5. The van der Waals surface area contributed by atoms with Gasteiger partial charge < -0.3 is 4.57 Å². The third-order valence-electron chi connectivity index (χ3n) is 4.34. The molecule has 0 aromatic carbocycles. The molecule has 4 nitrogen and oxygen atoms in total. The predicted octanol–water partition coefficient (Wildman–Crippen LogP) is 1.86. The lowest BCUT2D eigenvalue weighted by atomic mass is 10.0. The number of piperidine rings is 1. The molecule has 0 N–H and O–H groups in total. The number of hydrogen-bond donors (Lipinski definition) is 0. The minimum absolute atomic E-state index is 0.483. The van der Waals surface area contributed by atoms with Crippen LogP contribution in [0.15, 0.2) is 18.7 Å². The van der Waals surface area contributed by atoms with Crippen molar-refractivity contribution in [1.29, 1.82) is 0 Å².